The third-order valence-electron chi connectivity index (χ3n) is 2.49. The highest BCUT2D eigenvalue weighted by Crippen LogP contribution is 2.07. The fourth-order valence-corrected chi connectivity index (χ4v) is 1.56. The Bertz CT molecular complexity index is 446. The predicted molar refractivity (Wildman–Crippen MR) is 67.5 cm³/mol. The maximum absolute atomic E-state index is 10.5. The third-order valence-corrected chi connectivity index (χ3v) is 2.49. The molecule has 1 aromatic rings. The molecule has 0 bridgehead atoms. The summed E-state index contributed by atoms with van der Waals surface area (Å²) in [6.45, 7) is 1.09. The number of oxime groups is 1. The molecule has 0 aliphatic heterocycles. The van der Waals surface area contributed by atoms with Crippen molar-refractivity contribution in [3.8, 4) is 0 Å². The zero-order valence-corrected chi connectivity index (χ0v) is 10.2. The van der Waals surface area contributed by atoms with Gasteiger partial charge >= 0.3 is 5.97 Å². The normalized spacial score (nSPS) is 11.8. The molecule has 0 aromatic heterocycles. The summed E-state index contributed by atoms with van der Waals surface area (Å²) in [6.07, 6.45) is 0.108. The SMILES string of the molecule is CN(CCC(=O)O)Cc1cccc(/C(N)=N\O)c1. The molecule has 0 fully saturated rings. The van der Waals surface area contributed by atoms with E-state index in [0.717, 1.165) is 5.56 Å². The average Bonchev–Trinajstić information content (AvgIpc) is 2.35. The number of amidine groups is 1. The van der Waals surface area contributed by atoms with Crippen molar-refractivity contribution < 1.29 is 15.1 Å². The molecule has 0 spiro atoms. The lowest BCUT2D eigenvalue weighted by molar-refractivity contribution is -0.137. The van der Waals surface area contributed by atoms with Gasteiger partial charge in [-0.15, -0.1) is 0 Å². The van der Waals surface area contributed by atoms with E-state index in [2.05, 4.69) is 5.16 Å². The van der Waals surface area contributed by atoms with Gasteiger partial charge in [0.05, 0.1) is 6.42 Å². The van der Waals surface area contributed by atoms with Crippen molar-refractivity contribution in [1.29, 1.82) is 0 Å². The lowest BCUT2D eigenvalue weighted by Gasteiger charge is -2.15. The van der Waals surface area contributed by atoms with Gasteiger partial charge in [-0.25, -0.2) is 0 Å². The molecule has 4 N–H and O–H groups in total. The number of benzene rings is 1. The maximum atomic E-state index is 10.5. The summed E-state index contributed by atoms with van der Waals surface area (Å²) in [6, 6.07) is 7.28. The Kier molecular flexibility index (Phi) is 5.13. The van der Waals surface area contributed by atoms with Crippen LogP contribution in [0.5, 0.6) is 0 Å². The number of carboxylic acids is 1. The molecule has 0 heterocycles. The highest BCUT2D eigenvalue weighted by Gasteiger charge is 2.05. The van der Waals surface area contributed by atoms with Crippen LogP contribution in [-0.2, 0) is 11.3 Å². The first-order valence-corrected chi connectivity index (χ1v) is 5.50. The molecular weight excluding hydrogens is 234 g/mol. The summed E-state index contributed by atoms with van der Waals surface area (Å²) in [5.74, 6) is -0.753. The Morgan fingerprint density at radius 3 is 2.83 bits per heavy atom. The Hall–Kier alpha value is -2.08. The van der Waals surface area contributed by atoms with E-state index in [1.807, 2.05) is 30.1 Å². The molecule has 0 amide bonds. The Labute approximate surface area is 105 Å². The number of hydrogen-bond acceptors (Lipinski definition) is 4. The number of nitrogens with zero attached hydrogens (tertiary/aromatic N) is 2. The molecule has 1 aromatic carbocycles. The Morgan fingerprint density at radius 1 is 1.50 bits per heavy atom. The molecule has 0 aliphatic rings. The van der Waals surface area contributed by atoms with Gasteiger partial charge in [0.25, 0.3) is 0 Å². The van der Waals surface area contributed by atoms with Gasteiger partial charge in [0, 0.05) is 18.7 Å². The largest absolute Gasteiger partial charge is 0.481 e. The summed E-state index contributed by atoms with van der Waals surface area (Å²) in [7, 11) is 1.85. The van der Waals surface area contributed by atoms with E-state index in [1.54, 1.807) is 6.07 Å². The standard InChI is InChI=1S/C12H17N3O3/c1-15(6-5-11(16)17)8-9-3-2-4-10(7-9)12(13)14-18/h2-4,7,18H,5-6,8H2,1H3,(H2,13,14)(H,16,17). The van der Waals surface area contributed by atoms with Crippen LogP contribution in [0, 0.1) is 0 Å². The van der Waals surface area contributed by atoms with Crippen LogP contribution in [0.1, 0.15) is 17.5 Å². The summed E-state index contributed by atoms with van der Waals surface area (Å²) in [4.78, 5) is 12.4. The number of hydrogen-bond donors (Lipinski definition) is 3. The van der Waals surface area contributed by atoms with Crippen molar-refractivity contribution in [3.63, 3.8) is 0 Å². The first-order chi connectivity index (χ1) is 8.52. The number of aliphatic carboxylic acids is 1. The van der Waals surface area contributed by atoms with Crippen molar-refractivity contribution in [3.05, 3.63) is 35.4 Å². The van der Waals surface area contributed by atoms with E-state index in [-0.39, 0.29) is 12.3 Å². The van der Waals surface area contributed by atoms with Crippen LogP contribution in [0.3, 0.4) is 0 Å². The molecule has 0 aliphatic carbocycles. The van der Waals surface area contributed by atoms with Gasteiger partial charge in [-0.3, -0.25) is 4.79 Å². The van der Waals surface area contributed by atoms with Crippen molar-refractivity contribution in [2.24, 2.45) is 10.9 Å². The highest BCUT2D eigenvalue weighted by atomic mass is 16.4. The van der Waals surface area contributed by atoms with Crippen molar-refractivity contribution in [1.82, 2.24) is 4.90 Å². The van der Waals surface area contributed by atoms with Gasteiger partial charge in [0.2, 0.25) is 0 Å². The van der Waals surface area contributed by atoms with Crippen LogP contribution >= 0.6 is 0 Å². The van der Waals surface area contributed by atoms with Gasteiger partial charge in [-0.05, 0) is 18.7 Å². The minimum Gasteiger partial charge on any atom is -0.481 e. The fraction of sp³-hybridized carbons (Fsp3) is 0.333. The molecule has 6 nitrogen and oxygen atoms in total. The molecule has 0 saturated heterocycles. The van der Waals surface area contributed by atoms with E-state index < -0.39 is 5.97 Å². The molecule has 6 heteroatoms. The monoisotopic (exact) mass is 251 g/mol. The van der Waals surface area contributed by atoms with Crippen LogP contribution < -0.4 is 5.73 Å². The maximum Gasteiger partial charge on any atom is 0.304 e. The van der Waals surface area contributed by atoms with E-state index >= 15 is 0 Å². The molecule has 0 atom stereocenters. The van der Waals surface area contributed by atoms with Gasteiger partial charge in [-0.1, -0.05) is 23.4 Å². The minimum atomic E-state index is -0.813. The molecule has 0 radical (unpaired) electrons. The van der Waals surface area contributed by atoms with E-state index in [0.29, 0.717) is 18.7 Å². The van der Waals surface area contributed by atoms with Crippen LogP contribution in [0.2, 0.25) is 0 Å². The van der Waals surface area contributed by atoms with Gasteiger partial charge in [0.15, 0.2) is 5.84 Å². The average molecular weight is 251 g/mol. The zero-order chi connectivity index (χ0) is 13.5. The lowest BCUT2D eigenvalue weighted by Crippen LogP contribution is -2.21. The summed E-state index contributed by atoms with van der Waals surface area (Å²) >= 11 is 0. The topological polar surface area (TPSA) is 99.2 Å². The second-order valence-electron chi connectivity index (χ2n) is 4.07. The van der Waals surface area contributed by atoms with Crippen LogP contribution in [0.25, 0.3) is 0 Å². The van der Waals surface area contributed by atoms with Gasteiger partial charge < -0.3 is 20.9 Å². The molecule has 1 rings (SSSR count). The predicted octanol–water partition coefficient (Wildman–Crippen LogP) is 0.688. The zero-order valence-electron chi connectivity index (χ0n) is 10.2. The highest BCUT2D eigenvalue weighted by molar-refractivity contribution is 5.97. The summed E-state index contributed by atoms with van der Waals surface area (Å²) < 4.78 is 0. The van der Waals surface area contributed by atoms with Crippen molar-refractivity contribution in [2.45, 2.75) is 13.0 Å². The molecular formula is C12H17N3O3. The van der Waals surface area contributed by atoms with Gasteiger partial charge in [-0.2, -0.15) is 0 Å². The van der Waals surface area contributed by atoms with Crippen LogP contribution in [0.15, 0.2) is 29.4 Å². The quantitative estimate of drug-likeness (QED) is 0.299. The fourth-order valence-electron chi connectivity index (χ4n) is 1.56. The Balaban J connectivity index is 2.64. The van der Waals surface area contributed by atoms with Crippen LogP contribution in [-0.4, -0.2) is 40.6 Å². The number of carboxylic acid groups (broad SMARTS) is 1. The molecule has 98 valence electrons. The first-order valence-electron chi connectivity index (χ1n) is 5.50. The second kappa shape index (κ2) is 6.61. The van der Waals surface area contributed by atoms with Gasteiger partial charge in [0.1, 0.15) is 0 Å². The smallest absolute Gasteiger partial charge is 0.304 e. The summed E-state index contributed by atoms with van der Waals surface area (Å²) in [5.41, 5.74) is 7.12. The minimum absolute atomic E-state index is 0.0602. The third kappa shape index (κ3) is 4.42. The first kappa shape index (κ1) is 14.0. The van der Waals surface area contributed by atoms with E-state index in [4.69, 9.17) is 16.0 Å². The molecule has 0 unspecified atom stereocenters. The van der Waals surface area contributed by atoms with Crippen molar-refractivity contribution >= 4 is 11.8 Å². The second-order valence-corrected chi connectivity index (χ2v) is 4.07. The van der Waals surface area contributed by atoms with Crippen molar-refractivity contribution in [2.75, 3.05) is 13.6 Å². The summed E-state index contributed by atoms with van der Waals surface area (Å²) in [5, 5.41) is 20.1. The number of carbonyl (C=O) groups is 1. The number of nitrogens with two attached hydrogens (primary N) is 1. The van der Waals surface area contributed by atoms with E-state index in [1.165, 1.54) is 0 Å². The lowest BCUT2D eigenvalue weighted by atomic mass is 10.1. The number of rotatable bonds is 6. The molecule has 0 saturated carbocycles. The molecule has 18 heavy (non-hydrogen) atoms. The Morgan fingerprint density at radius 2 is 2.22 bits per heavy atom. The van der Waals surface area contributed by atoms with E-state index in [9.17, 15) is 4.79 Å². The van der Waals surface area contributed by atoms with Crippen LogP contribution in [0.4, 0.5) is 0 Å².